The first-order valence-electron chi connectivity index (χ1n) is 8.36. The Morgan fingerprint density at radius 3 is 2.78 bits per heavy atom. The Morgan fingerprint density at radius 1 is 1.19 bits per heavy atom. The van der Waals surface area contributed by atoms with Gasteiger partial charge in [-0.2, -0.15) is 4.80 Å². The number of aromatic hydroxyl groups is 1. The van der Waals surface area contributed by atoms with Gasteiger partial charge in [0.1, 0.15) is 11.3 Å². The number of hydrogen-bond donors (Lipinski definition) is 1. The summed E-state index contributed by atoms with van der Waals surface area (Å²) in [7, 11) is 0. The molecule has 2 heterocycles. The summed E-state index contributed by atoms with van der Waals surface area (Å²) in [6, 6.07) is 11.9. The molecule has 2 aromatic heterocycles. The van der Waals surface area contributed by atoms with E-state index in [2.05, 4.69) is 15.4 Å². The molecule has 0 saturated carbocycles. The smallest absolute Gasteiger partial charge is 0.336 e. The fraction of sp³-hybridized carbons (Fsp3) is 0.158. The number of rotatable bonds is 4. The molecular formula is C19H15ClN4O3. The van der Waals surface area contributed by atoms with Gasteiger partial charge in [0.05, 0.1) is 11.6 Å². The quantitative estimate of drug-likeness (QED) is 0.543. The molecule has 4 aromatic rings. The first kappa shape index (κ1) is 17.2. The molecule has 0 aliphatic carbocycles. The highest BCUT2D eigenvalue weighted by Gasteiger charge is 2.13. The Kier molecular flexibility index (Phi) is 4.37. The Hall–Kier alpha value is -3.19. The zero-order valence-electron chi connectivity index (χ0n) is 14.4. The van der Waals surface area contributed by atoms with Crippen LogP contribution in [0.25, 0.3) is 22.4 Å². The number of benzene rings is 2. The number of halogens is 1. The highest BCUT2D eigenvalue weighted by molar-refractivity contribution is 6.33. The van der Waals surface area contributed by atoms with Crippen LogP contribution in [0.1, 0.15) is 18.1 Å². The molecule has 4 rings (SSSR count). The van der Waals surface area contributed by atoms with Crippen LogP contribution in [-0.2, 0) is 13.0 Å². The molecule has 0 radical (unpaired) electrons. The van der Waals surface area contributed by atoms with Crippen molar-refractivity contribution < 1.29 is 9.52 Å². The van der Waals surface area contributed by atoms with Crippen LogP contribution in [0.15, 0.2) is 51.7 Å². The molecule has 2 aromatic carbocycles. The van der Waals surface area contributed by atoms with Crippen molar-refractivity contribution >= 4 is 22.6 Å². The molecule has 0 aliphatic heterocycles. The molecule has 136 valence electrons. The normalized spacial score (nSPS) is 11.2. The molecule has 0 spiro atoms. The lowest BCUT2D eigenvalue weighted by Crippen LogP contribution is -2.08. The van der Waals surface area contributed by atoms with Gasteiger partial charge in [-0.15, -0.1) is 10.2 Å². The van der Waals surface area contributed by atoms with E-state index in [1.54, 1.807) is 6.07 Å². The third-order valence-corrected chi connectivity index (χ3v) is 4.62. The minimum atomic E-state index is -0.507. The van der Waals surface area contributed by atoms with Gasteiger partial charge in [0.2, 0.25) is 5.82 Å². The van der Waals surface area contributed by atoms with Gasteiger partial charge in [0, 0.05) is 23.1 Å². The van der Waals surface area contributed by atoms with E-state index in [-0.39, 0.29) is 12.3 Å². The topological polar surface area (TPSA) is 94.0 Å². The van der Waals surface area contributed by atoms with Crippen molar-refractivity contribution in [2.75, 3.05) is 0 Å². The molecule has 0 fully saturated rings. The molecule has 0 aliphatic rings. The Bertz CT molecular complexity index is 1200. The summed E-state index contributed by atoms with van der Waals surface area (Å²) in [5.74, 6) is 0.505. The van der Waals surface area contributed by atoms with Crippen LogP contribution in [0.2, 0.25) is 5.02 Å². The lowest BCUT2D eigenvalue weighted by atomic mass is 10.0. The molecule has 7 nitrogen and oxygen atoms in total. The average molecular weight is 383 g/mol. The number of hydrogen-bond acceptors (Lipinski definition) is 6. The largest absolute Gasteiger partial charge is 0.508 e. The maximum atomic E-state index is 11.9. The molecule has 0 amide bonds. The zero-order chi connectivity index (χ0) is 19.0. The summed E-state index contributed by atoms with van der Waals surface area (Å²) in [5.41, 5.74) is 1.94. The second kappa shape index (κ2) is 6.85. The molecule has 0 atom stereocenters. The number of tetrazole rings is 1. The Balaban J connectivity index is 1.76. The monoisotopic (exact) mass is 382 g/mol. The number of aromatic nitrogens is 4. The van der Waals surface area contributed by atoms with Crippen molar-refractivity contribution in [2.45, 2.75) is 19.9 Å². The summed E-state index contributed by atoms with van der Waals surface area (Å²) in [6.07, 6.45) is 0.651. The third-order valence-electron chi connectivity index (χ3n) is 4.29. The van der Waals surface area contributed by atoms with E-state index in [4.69, 9.17) is 16.0 Å². The zero-order valence-corrected chi connectivity index (χ0v) is 15.1. The van der Waals surface area contributed by atoms with Crippen molar-refractivity contribution in [1.29, 1.82) is 0 Å². The first-order chi connectivity index (χ1) is 13.0. The van der Waals surface area contributed by atoms with Crippen molar-refractivity contribution in [2.24, 2.45) is 0 Å². The van der Waals surface area contributed by atoms with Crippen molar-refractivity contribution in [3.8, 4) is 17.1 Å². The standard InChI is InChI=1S/C19H15ClN4O3/c1-2-11-7-14-12(8-18(26)27-17(14)9-16(11)25)10-24-22-19(21-23-24)13-5-3-4-6-15(13)20/h3-9,25H,2,10H2,1H3. The highest BCUT2D eigenvalue weighted by Crippen LogP contribution is 2.27. The number of phenols is 1. The van der Waals surface area contributed by atoms with E-state index in [0.29, 0.717) is 34.0 Å². The maximum absolute atomic E-state index is 11.9. The number of fused-ring (bicyclic) bond motifs is 1. The van der Waals surface area contributed by atoms with Crippen molar-refractivity contribution in [1.82, 2.24) is 20.2 Å². The van der Waals surface area contributed by atoms with E-state index in [0.717, 1.165) is 10.9 Å². The minimum absolute atomic E-state index is 0.102. The van der Waals surface area contributed by atoms with E-state index in [9.17, 15) is 9.90 Å². The predicted octanol–water partition coefficient (Wildman–Crippen LogP) is 3.42. The Morgan fingerprint density at radius 2 is 2.00 bits per heavy atom. The van der Waals surface area contributed by atoms with Gasteiger partial charge in [-0.1, -0.05) is 30.7 Å². The van der Waals surface area contributed by atoms with Gasteiger partial charge in [-0.25, -0.2) is 4.79 Å². The molecule has 0 bridgehead atoms. The Labute approximate surface area is 158 Å². The van der Waals surface area contributed by atoms with E-state index >= 15 is 0 Å². The number of phenolic OH excluding ortho intramolecular Hbond substituents is 1. The van der Waals surface area contributed by atoms with Crippen LogP contribution in [0.4, 0.5) is 0 Å². The molecule has 0 unspecified atom stereocenters. The maximum Gasteiger partial charge on any atom is 0.336 e. The predicted molar refractivity (Wildman–Crippen MR) is 101 cm³/mol. The number of nitrogens with zero attached hydrogens (tertiary/aromatic N) is 4. The average Bonchev–Trinajstić information content (AvgIpc) is 3.09. The van der Waals surface area contributed by atoms with Crippen LogP contribution >= 0.6 is 11.6 Å². The summed E-state index contributed by atoms with van der Waals surface area (Å²) >= 11 is 6.18. The van der Waals surface area contributed by atoms with Gasteiger partial charge in [-0.3, -0.25) is 0 Å². The third kappa shape index (κ3) is 3.29. The molecular weight excluding hydrogens is 368 g/mol. The number of aryl methyl sites for hydroxylation is 1. The first-order valence-corrected chi connectivity index (χ1v) is 8.74. The van der Waals surface area contributed by atoms with Gasteiger partial charge in [0.25, 0.3) is 0 Å². The second-order valence-electron chi connectivity index (χ2n) is 6.04. The molecule has 1 N–H and O–H groups in total. The van der Waals surface area contributed by atoms with E-state index < -0.39 is 5.63 Å². The van der Waals surface area contributed by atoms with Crippen molar-refractivity contribution in [3.05, 3.63) is 69.0 Å². The van der Waals surface area contributed by atoms with Crippen LogP contribution in [0.3, 0.4) is 0 Å². The van der Waals surface area contributed by atoms with Gasteiger partial charge >= 0.3 is 5.63 Å². The van der Waals surface area contributed by atoms with Gasteiger partial charge < -0.3 is 9.52 Å². The fourth-order valence-corrected chi connectivity index (χ4v) is 3.15. The van der Waals surface area contributed by atoms with Gasteiger partial charge in [-0.05, 0) is 41.0 Å². The molecule has 8 heteroatoms. The van der Waals surface area contributed by atoms with Gasteiger partial charge in [0.15, 0.2) is 0 Å². The van der Waals surface area contributed by atoms with Crippen LogP contribution in [-0.4, -0.2) is 25.3 Å². The lowest BCUT2D eigenvalue weighted by Gasteiger charge is -2.08. The van der Waals surface area contributed by atoms with Crippen LogP contribution < -0.4 is 5.63 Å². The summed E-state index contributed by atoms with van der Waals surface area (Å²) in [4.78, 5) is 13.3. The van der Waals surface area contributed by atoms with Crippen molar-refractivity contribution in [3.63, 3.8) is 0 Å². The summed E-state index contributed by atoms with van der Waals surface area (Å²) in [6.45, 7) is 2.17. The SMILES string of the molecule is CCc1cc2c(Cn3nnc(-c4ccccc4Cl)n3)cc(=O)oc2cc1O. The second-order valence-corrected chi connectivity index (χ2v) is 6.45. The summed E-state index contributed by atoms with van der Waals surface area (Å²) in [5, 5.41) is 23.7. The minimum Gasteiger partial charge on any atom is -0.508 e. The highest BCUT2D eigenvalue weighted by atomic mass is 35.5. The molecule has 0 saturated heterocycles. The van der Waals surface area contributed by atoms with Crippen LogP contribution in [0, 0.1) is 0 Å². The van der Waals surface area contributed by atoms with E-state index in [1.807, 2.05) is 31.2 Å². The summed E-state index contributed by atoms with van der Waals surface area (Å²) < 4.78 is 5.21. The van der Waals surface area contributed by atoms with E-state index in [1.165, 1.54) is 16.9 Å². The lowest BCUT2D eigenvalue weighted by molar-refractivity contribution is 0.466. The fourth-order valence-electron chi connectivity index (χ4n) is 2.93. The van der Waals surface area contributed by atoms with Crippen LogP contribution in [0.5, 0.6) is 5.75 Å². The molecule has 27 heavy (non-hydrogen) atoms.